The van der Waals surface area contributed by atoms with E-state index in [1.807, 2.05) is 66.7 Å². The number of carbonyl (C=O) groups excluding carboxylic acids is 2. The van der Waals surface area contributed by atoms with Crippen molar-refractivity contribution in [1.29, 1.82) is 0 Å². The molecule has 0 bridgehead atoms. The number of amides is 2. The second kappa shape index (κ2) is 8.19. The highest BCUT2D eigenvalue weighted by Gasteiger charge is 2.28. The maximum atomic E-state index is 12.6. The molecular formula is C24H22N2O3. The second-order valence-corrected chi connectivity index (χ2v) is 7.02. The van der Waals surface area contributed by atoms with Crippen molar-refractivity contribution in [3.8, 4) is 5.75 Å². The van der Waals surface area contributed by atoms with Crippen LogP contribution in [0.5, 0.6) is 5.75 Å². The number of hydrogen-bond donors (Lipinski definition) is 1. The first-order valence-corrected chi connectivity index (χ1v) is 9.52. The monoisotopic (exact) mass is 386 g/mol. The molecule has 0 spiro atoms. The number of anilines is 1. The van der Waals surface area contributed by atoms with Crippen LogP contribution in [-0.2, 0) is 24.3 Å². The molecule has 2 amide bonds. The lowest BCUT2D eigenvalue weighted by Gasteiger charge is -2.18. The third kappa shape index (κ3) is 4.14. The molecule has 0 saturated carbocycles. The van der Waals surface area contributed by atoms with E-state index >= 15 is 0 Å². The zero-order valence-electron chi connectivity index (χ0n) is 16.2. The molecule has 0 saturated heterocycles. The molecule has 0 aromatic heterocycles. The van der Waals surface area contributed by atoms with Gasteiger partial charge in [-0.1, -0.05) is 42.5 Å². The van der Waals surface area contributed by atoms with E-state index in [9.17, 15) is 9.59 Å². The number of ether oxygens (including phenoxy) is 1. The molecule has 0 aliphatic carbocycles. The number of hydrogen-bond acceptors (Lipinski definition) is 3. The largest absolute Gasteiger partial charge is 0.497 e. The smallest absolute Gasteiger partial charge is 0.251 e. The zero-order chi connectivity index (χ0) is 20.2. The predicted octanol–water partition coefficient (Wildman–Crippen LogP) is 3.71. The van der Waals surface area contributed by atoms with Crippen molar-refractivity contribution in [2.24, 2.45) is 0 Å². The molecular weight excluding hydrogens is 364 g/mol. The van der Waals surface area contributed by atoms with Crippen molar-refractivity contribution in [3.63, 3.8) is 0 Å². The van der Waals surface area contributed by atoms with E-state index in [0.29, 0.717) is 25.1 Å². The standard InChI is InChI=1S/C24H22N2O3/c1-29-21-9-5-8-18(12-21)15-25-24(28)19-10-11-22-20(13-19)14-23(27)26(22)16-17-6-3-2-4-7-17/h2-13H,14-16H2,1H3,(H,25,28). The normalized spacial score (nSPS) is 12.6. The van der Waals surface area contributed by atoms with Crippen molar-refractivity contribution < 1.29 is 14.3 Å². The summed E-state index contributed by atoms with van der Waals surface area (Å²) in [6.07, 6.45) is 0.319. The summed E-state index contributed by atoms with van der Waals surface area (Å²) in [6.45, 7) is 0.945. The highest BCUT2D eigenvalue weighted by molar-refractivity contribution is 6.03. The fourth-order valence-corrected chi connectivity index (χ4v) is 3.53. The van der Waals surface area contributed by atoms with E-state index in [1.165, 1.54) is 0 Å². The number of fused-ring (bicyclic) bond motifs is 1. The van der Waals surface area contributed by atoms with Crippen LogP contribution < -0.4 is 15.0 Å². The minimum atomic E-state index is -0.162. The van der Waals surface area contributed by atoms with Gasteiger partial charge in [-0.25, -0.2) is 0 Å². The van der Waals surface area contributed by atoms with Crippen LogP contribution >= 0.6 is 0 Å². The first kappa shape index (κ1) is 18.7. The Balaban J connectivity index is 1.46. The quantitative estimate of drug-likeness (QED) is 0.703. The zero-order valence-corrected chi connectivity index (χ0v) is 16.2. The maximum Gasteiger partial charge on any atom is 0.251 e. The van der Waals surface area contributed by atoms with Crippen LogP contribution in [0.2, 0.25) is 0 Å². The molecule has 3 aromatic rings. The van der Waals surface area contributed by atoms with Gasteiger partial charge in [-0.15, -0.1) is 0 Å². The Labute approximate surface area is 169 Å². The first-order chi connectivity index (χ1) is 14.1. The molecule has 146 valence electrons. The third-order valence-corrected chi connectivity index (χ3v) is 5.05. The van der Waals surface area contributed by atoms with E-state index in [1.54, 1.807) is 18.1 Å². The SMILES string of the molecule is COc1cccc(CNC(=O)c2ccc3c(c2)CC(=O)N3Cc2ccccc2)c1. The summed E-state index contributed by atoms with van der Waals surface area (Å²) in [5.41, 5.74) is 4.36. The molecule has 1 aliphatic heterocycles. The number of nitrogens with zero attached hydrogens (tertiary/aromatic N) is 1. The number of rotatable bonds is 6. The maximum absolute atomic E-state index is 12.6. The van der Waals surface area contributed by atoms with E-state index in [0.717, 1.165) is 28.1 Å². The Kier molecular flexibility index (Phi) is 5.29. The Hall–Kier alpha value is -3.60. The van der Waals surface area contributed by atoms with E-state index < -0.39 is 0 Å². The van der Waals surface area contributed by atoms with Crippen LogP contribution in [0.4, 0.5) is 5.69 Å². The van der Waals surface area contributed by atoms with Crippen molar-refractivity contribution in [2.45, 2.75) is 19.5 Å². The topological polar surface area (TPSA) is 58.6 Å². The molecule has 4 rings (SSSR count). The van der Waals surface area contributed by atoms with Gasteiger partial charge in [-0.3, -0.25) is 9.59 Å². The molecule has 3 aromatic carbocycles. The third-order valence-electron chi connectivity index (χ3n) is 5.05. The van der Waals surface area contributed by atoms with E-state index in [4.69, 9.17) is 4.74 Å². The highest BCUT2D eigenvalue weighted by atomic mass is 16.5. The molecule has 5 nitrogen and oxygen atoms in total. The first-order valence-electron chi connectivity index (χ1n) is 9.52. The van der Waals surface area contributed by atoms with Crippen molar-refractivity contribution in [2.75, 3.05) is 12.0 Å². The molecule has 29 heavy (non-hydrogen) atoms. The Morgan fingerprint density at radius 3 is 2.59 bits per heavy atom. The van der Waals surface area contributed by atoms with Crippen LogP contribution in [0.3, 0.4) is 0 Å². The van der Waals surface area contributed by atoms with Gasteiger partial charge in [0.2, 0.25) is 5.91 Å². The molecule has 5 heteroatoms. The predicted molar refractivity (Wildman–Crippen MR) is 112 cm³/mol. The van der Waals surface area contributed by atoms with Gasteiger partial charge in [-0.2, -0.15) is 0 Å². The summed E-state index contributed by atoms with van der Waals surface area (Å²) in [5.74, 6) is 0.647. The lowest BCUT2D eigenvalue weighted by Crippen LogP contribution is -2.26. The lowest BCUT2D eigenvalue weighted by atomic mass is 10.1. The highest BCUT2D eigenvalue weighted by Crippen LogP contribution is 2.31. The van der Waals surface area contributed by atoms with Crippen molar-refractivity contribution in [1.82, 2.24) is 5.32 Å². The van der Waals surface area contributed by atoms with Gasteiger partial charge in [0.15, 0.2) is 0 Å². The van der Waals surface area contributed by atoms with Gasteiger partial charge in [0.1, 0.15) is 5.75 Å². The average molecular weight is 386 g/mol. The number of methoxy groups -OCH3 is 1. The van der Waals surface area contributed by atoms with Gasteiger partial charge in [0, 0.05) is 17.8 Å². The molecule has 0 atom stereocenters. The summed E-state index contributed by atoms with van der Waals surface area (Å²) >= 11 is 0. The van der Waals surface area contributed by atoms with Crippen LogP contribution in [0.1, 0.15) is 27.0 Å². The summed E-state index contributed by atoms with van der Waals surface area (Å²) in [7, 11) is 1.62. The van der Waals surface area contributed by atoms with Crippen LogP contribution in [0, 0.1) is 0 Å². The fraction of sp³-hybridized carbons (Fsp3) is 0.167. The van der Waals surface area contributed by atoms with Gasteiger partial charge < -0.3 is 15.0 Å². The lowest BCUT2D eigenvalue weighted by molar-refractivity contribution is -0.117. The Bertz CT molecular complexity index is 1050. The van der Waals surface area contributed by atoms with Crippen LogP contribution in [-0.4, -0.2) is 18.9 Å². The summed E-state index contributed by atoms with van der Waals surface area (Å²) in [5, 5.41) is 2.93. The fourth-order valence-electron chi connectivity index (χ4n) is 3.53. The minimum Gasteiger partial charge on any atom is -0.497 e. The number of carbonyl (C=O) groups is 2. The average Bonchev–Trinajstić information content (AvgIpc) is 3.07. The van der Waals surface area contributed by atoms with Crippen LogP contribution in [0.25, 0.3) is 0 Å². The van der Waals surface area contributed by atoms with E-state index in [2.05, 4.69) is 5.32 Å². The molecule has 1 N–H and O–H groups in total. The Morgan fingerprint density at radius 2 is 1.79 bits per heavy atom. The molecule has 0 radical (unpaired) electrons. The number of benzene rings is 3. The van der Waals surface area contributed by atoms with Crippen LogP contribution in [0.15, 0.2) is 72.8 Å². The number of nitrogens with one attached hydrogen (secondary N) is 1. The van der Waals surface area contributed by atoms with Gasteiger partial charge >= 0.3 is 0 Å². The van der Waals surface area contributed by atoms with Crippen molar-refractivity contribution >= 4 is 17.5 Å². The van der Waals surface area contributed by atoms with Gasteiger partial charge in [-0.05, 0) is 47.0 Å². The molecule has 0 fully saturated rings. The summed E-state index contributed by atoms with van der Waals surface area (Å²) in [4.78, 5) is 26.9. The Morgan fingerprint density at radius 1 is 1.00 bits per heavy atom. The van der Waals surface area contributed by atoms with E-state index in [-0.39, 0.29) is 11.8 Å². The van der Waals surface area contributed by atoms with Crippen molar-refractivity contribution in [3.05, 3.63) is 95.1 Å². The second-order valence-electron chi connectivity index (χ2n) is 7.02. The van der Waals surface area contributed by atoms with Gasteiger partial charge in [0.25, 0.3) is 5.91 Å². The van der Waals surface area contributed by atoms with Gasteiger partial charge in [0.05, 0.1) is 20.1 Å². The molecule has 1 heterocycles. The molecule has 0 unspecified atom stereocenters. The summed E-state index contributed by atoms with van der Waals surface area (Å²) in [6, 6.07) is 22.9. The summed E-state index contributed by atoms with van der Waals surface area (Å²) < 4.78 is 5.21. The molecule has 1 aliphatic rings. The minimum absolute atomic E-state index is 0.0535.